The van der Waals surface area contributed by atoms with Crippen LogP contribution in [0.1, 0.15) is 82.8 Å². The van der Waals surface area contributed by atoms with E-state index in [9.17, 15) is 0 Å². The summed E-state index contributed by atoms with van der Waals surface area (Å²) in [5.74, 6) is 2.78. The second kappa shape index (κ2) is 16.3. The molecule has 7 rings (SSSR count). The van der Waals surface area contributed by atoms with Crippen molar-refractivity contribution in [1.82, 2.24) is 19.3 Å². The molecular formula is C47H50N4OPt. The minimum Gasteiger partial charge on any atom is -0.509 e. The van der Waals surface area contributed by atoms with Crippen molar-refractivity contribution in [2.24, 2.45) is 11.3 Å². The zero-order valence-corrected chi connectivity index (χ0v) is 34.3. The van der Waals surface area contributed by atoms with Crippen molar-refractivity contribution < 1.29 is 25.8 Å². The molecule has 7 aromatic rings. The summed E-state index contributed by atoms with van der Waals surface area (Å²) in [4.78, 5) is 4.90. The Morgan fingerprint density at radius 3 is 2.32 bits per heavy atom. The van der Waals surface area contributed by atoms with Crippen molar-refractivity contribution in [3.8, 4) is 34.1 Å². The summed E-state index contributed by atoms with van der Waals surface area (Å²) in [6.45, 7) is 15.7. The number of hydrogen-bond donors (Lipinski definition) is 0. The molecule has 3 aromatic heterocycles. The molecule has 0 unspecified atom stereocenters. The van der Waals surface area contributed by atoms with Crippen LogP contribution in [0.3, 0.4) is 0 Å². The van der Waals surface area contributed by atoms with Crippen LogP contribution in [0.2, 0.25) is 0 Å². The van der Waals surface area contributed by atoms with Crippen molar-refractivity contribution in [1.29, 1.82) is 0 Å². The fourth-order valence-electron chi connectivity index (χ4n) is 7.24. The van der Waals surface area contributed by atoms with E-state index in [1.54, 1.807) is 0 Å². The van der Waals surface area contributed by atoms with Crippen molar-refractivity contribution in [3.63, 3.8) is 0 Å². The van der Waals surface area contributed by atoms with E-state index in [1.165, 1.54) is 35.8 Å². The standard InChI is InChI=1S/C47H50N4O.Pt/c1-32(2)19-20-36-25-27-48-45(29-36)50-43-24-21-35(14-11-12-26-47(5,6)7)28-42(43)41-23-22-40(31-44(41)50)52-39-18-13-17-38(30-39)51-34(4)46(33(3)49-51)37-15-9-8-10-16-37;/h8-10,13,15-18,21-25,27-29,32H,11-12,14,19-20,26H2,1-7H3;/q-2;+2. The van der Waals surface area contributed by atoms with E-state index in [0.29, 0.717) is 22.8 Å². The number of aryl methyl sites for hydroxylation is 3. The smallest absolute Gasteiger partial charge is 0.509 e. The van der Waals surface area contributed by atoms with Crippen LogP contribution in [-0.2, 0) is 33.9 Å². The van der Waals surface area contributed by atoms with Crippen molar-refractivity contribution in [2.75, 3.05) is 0 Å². The topological polar surface area (TPSA) is 44.9 Å². The van der Waals surface area contributed by atoms with Gasteiger partial charge in [-0.1, -0.05) is 89.0 Å². The van der Waals surface area contributed by atoms with Crippen LogP contribution in [0.4, 0.5) is 0 Å². The van der Waals surface area contributed by atoms with E-state index in [0.717, 1.165) is 69.7 Å². The van der Waals surface area contributed by atoms with Gasteiger partial charge in [0.25, 0.3) is 0 Å². The maximum Gasteiger partial charge on any atom is 2.00 e. The molecule has 0 aliphatic carbocycles. The second-order valence-electron chi connectivity index (χ2n) is 15.8. The number of aromatic nitrogens is 4. The zero-order valence-electron chi connectivity index (χ0n) is 32.1. The summed E-state index contributed by atoms with van der Waals surface area (Å²) in [6.07, 6.45) is 8.83. The maximum absolute atomic E-state index is 6.52. The van der Waals surface area contributed by atoms with Gasteiger partial charge >= 0.3 is 21.1 Å². The molecule has 0 spiro atoms. The number of hydrogen-bond acceptors (Lipinski definition) is 3. The molecule has 5 nitrogen and oxygen atoms in total. The zero-order chi connectivity index (χ0) is 36.4. The quantitative estimate of drug-likeness (QED) is 0.0907. The van der Waals surface area contributed by atoms with Crippen LogP contribution >= 0.6 is 0 Å². The van der Waals surface area contributed by atoms with Crippen molar-refractivity contribution in [2.45, 2.75) is 87.0 Å². The summed E-state index contributed by atoms with van der Waals surface area (Å²) in [5.41, 5.74) is 10.3. The number of fused-ring (bicyclic) bond motifs is 3. The Morgan fingerprint density at radius 1 is 0.774 bits per heavy atom. The Bertz CT molecular complexity index is 2330. The largest absolute Gasteiger partial charge is 2.00 e. The van der Waals surface area contributed by atoms with Gasteiger partial charge < -0.3 is 9.30 Å². The molecule has 0 amide bonds. The predicted octanol–water partition coefficient (Wildman–Crippen LogP) is 12.4. The van der Waals surface area contributed by atoms with Crippen LogP contribution in [0.25, 0.3) is 44.4 Å². The molecule has 0 N–H and O–H groups in total. The first-order valence-corrected chi connectivity index (χ1v) is 18.8. The molecule has 0 aliphatic heterocycles. The third-order valence-electron chi connectivity index (χ3n) is 9.96. The van der Waals surface area contributed by atoms with Gasteiger partial charge in [0.1, 0.15) is 5.82 Å². The van der Waals surface area contributed by atoms with Gasteiger partial charge in [-0.3, -0.25) is 4.68 Å². The first kappa shape index (κ1) is 38.3. The van der Waals surface area contributed by atoms with Gasteiger partial charge in [-0.05, 0) is 103 Å². The summed E-state index contributed by atoms with van der Waals surface area (Å²) in [5, 5.41) is 7.25. The van der Waals surface area contributed by atoms with E-state index in [2.05, 4.69) is 126 Å². The predicted molar refractivity (Wildman–Crippen MR) is 215 cm³/mol. The first-order valence-electron chi connectivity index (χ1n) is 18.8. The molecule has 6 heteroatoms. The van der Waals surface area contributed by atoms with Crippen LogP contribution in [0.15, 0.2) is 97.2 Å². The maximum atomic E-state index is 6.52. The number of unbranched alkanes of at least 4 members (excludes halogenated alkanes) is 1. The summed E-state index contributed by atoms with van der Waals surface area (Å²) >= 11 is 0. The number of rotatable bonds is 12. The SMILES string of the molecule is Cc1nn(-c2[c-]c(Oc3[c-]c4c(cc3)c3cc(CCCCC(C)(C)C)ccc3n4-c3cc(CCC(C)C)ccn3)ccc2)c(C)c1-c1ccccc1.[Pt+2]. The van der Waals surface area contributed by atoms with Crippen LogP contribution in [-0.4, -0.2) is 19.3 Å². The second-order valence-corrected chi connectivity index (χ2v) is 15.8. The number of pyridine rings is 1. The molecule has 4 aromatic carbocycles. The third-order valence-corrected chi connectivity index (χ3v) is 9.96. The van der Waals surface area contributed by atoms with Crippen LogP contribution in [0.5, 0.6) is 11.5 Å². The average molecular weight is 882 g/mol. The Morgan fingerprint density at radius 2 is 1.55 bits per heavy atom. The Balaban J connectivity index is 0.00000481. The normalized spacial score (nSPS) is 11.8. The fourth-order valence-corrected chi connectivity index (χ4v) is 7.24. The number of nitrogens with zero attached hydrogens (tertiary/aromatic N) is 4. The van der Waals surface area contributed by atoms with Crippen molar-refractivity contribution >= 4 is 21.8 Å². The third kappa shape index (κ3) is 8.68. The average Bonchev–Trinajstić information content (AvgIpc) is 3.61. The van der Waals surface area contributed by atoms with Crippen molar-refractivity contribution in [3.05, 3.63) is 132 Å². The van der Waals surface area contributed by atoms with Gasteiger partial charge in [0.15, 0.2) is 0 Å². The molecule has 0 bridgehead atoms. The molecule has 0 aliphatic rings. The van der Waals surface area contributed by atoms with E-state index in [4.69, 9.17) is 14.8 Å². The number of benzene rings is 4. The van der Waals surface area contributed by atoms with E-state index in [1.807, 2.05) is 41.2 Å². The van der Waals surface area contributed by atoms with Gasteiger partial charge in [0, 0.05) is 34.5 Å². The summed E-state index contributed by atoms with van der Waals surface area (Å²) < 4.78 is 10.7. The van der Waals surface area contributed by atoms with Gasteiger partial charge in [0.05, 0.1) is 5.69 Å². The van der Waals surface area contributed by atoms with Gasteiger partial charge in [-0.15, -0.1) is 35.7 Å². The monoisotopic (exact) mass is 881 g/mol. The van der Waals surface area contributed by atoms with E-state index in [-0.39, 0.29) is 21.1 Å². The molecule has 0 atom stereocenters. The van der Waals surface area contributed by atoms with E-state index < -0.39 is 0 Å². The summed E-state index contributed by atoms with van der Waals surface area (Å²) in [7, 11) is 0. The molecule has 0 saturated carbocycles. The minimum absolute atomic E-state index is 0. The molecule has 0 fully saturated rings. The molecule has 53 heavy (non-hydrogen) atoms. The minimum atomic E-state index is 0. The molecule has 274 valence electrons. The number of ether oxygens (including phenoxy) is 1. The molecule has 0 radical (unpaired) electrons. The van der Waals surface area contributed by atoms with Gasteiger partial charge in [0.2, 0.25) is 0 Å². The Hall–Kier alpha value is -4.47. The fraction of sp³-hybridized carbons (Fsp3) is 0.319. The Kier molecular flexibility index (Phi) is 11.7. The van der Waals surface area contributed by atoms with Gasteiger partial charge in [-0.2, -0.15) is 17.2 Å². The van der Waals surface area contributed by atoms with Gasteiger partial charge in [-0.25, -0.2) is 4.98 Å². The Labute approximate surface area is 329 Å². The van der Waals surface area contributed by atoms with Crippen LogP contribution < -0.4 is 4.74 Å². The first-order chi connectivity index (χ1) is 25.0. The van der Waals surface area contributed by atoms with E-state index >= 15 is 0 Å². The molecular weight excluding hydrogens is 832 g/mol. The van der Waals surface area contributed by atoms with Crippen LogP contribution in [0, 0.1) is 37.3 Å². The molecule has 3 heterocycles. The molecule has 0 saturated heterocycles. The summed E-state index contributed by atoms with van der Waals surface area (Å²) in [6, 6.07) is 39.0.